The third-order valence-corrected chi connectivity index (χ3v) is 4.57. The zero-order chi connectivity index (χ0) is 17.8. The molecule has 0 saturated heterocycles. The Kier molecular flexibility index (Phi) is 5.56. The number of aromatic nitrogens is 2. The van der Waals surface area contributed by atoms with Crippen molar-refractivity contribution < 1.29 is 4.79 Å². The van der Waals surface area contributed by atoms with Crippen LogP contribution in [-0.4, -0.2) is 16.3 Å². The highest BCUT2D eigenvalue weighted by atomic mass is 79.9. The van der Waals surface area contributed by atoms with Crippen LogP contribution in [0.5, 0.6) is 0 Å². The van der Waals surface area contributed by atoms with E-state index in [0.29, 0.717) is 5.69 Å². The second-order valence-electron chi connectivity index (χ2n) is 5.48. The summed E-state index contributed by atoms with van der Waals surface area (Å²) in [7, 11) is 0. The Bertz CT molecular complexity index is 1020. The van der Waals surface area contributed by atoms with E-state index in [-0.39, 0.29) is 0 Å². The fourth-order valence-corrected chi connectivity index (χ4v) is 3.13. The first-order valence-electron chi connectivity index (χ1n) is 7.59. The van der Waals surface area contributed by atoms with E-state index < -0.39 is 0 Å². The van der Waals surface area contributed by atoms with E-state index in [4.69, 9.17) is 0 Å². The summed E-state index contributed by atoms with van der Waals surface area (Å²) in [5, 5.41) is 2.20. The van der Waals surface area contributed by atoms with Gasteiger partial charge in [0.2, 0.25) is 0 Å². The number of carbonyl (C=O) groups is 1. The molecule has 2 aromatic heterocycles. The number of rotatable bonds is 1. The molecule has 0 aliphatic rings. The SMILES string of the molecule is Cc1ccc2cc(Br)ccc2n1.O=Cc1ccc2cc(Br)ccc2n1. The predicted octanol–water partition coefficient (Wildman–Crippen LogP) is 6.12. The molecule has 0 radical (unpaired) electrons. The number of halogens is 2. The van der Waals surface area contributed by atoms with E-state index in [2.05, 4.69) is 54.0 Å². The number of benzene rings is 2. The van der Waals surface area contributed by atoms with Crippen molar-refractivity contribution in [3.63, 3.8) is 0 Å². The molecule has 0 fully saturated rings. The highest BCUT2D eigenvalue weighted by molar-refractivity contribution is 9.10. The lowest BCUT2D eigenvalue weighted by Crippen LogP contribution is -1.86. The molecule has 2 heterocycles. The molecule has 2 aromatic carbocycles. The van der Waals surface area contributed by atoms with Gasteiger partial charge >= 0.3 is 0 Å². The zero-order valence-electron chi connectivity index (χ0n) is 13.4. The van der Waals surface area contributed by atoms with Gasteiger partial charge in [-0.15, -0.1) is 0 Å². The Labute approximate surface area is 162 Å². The number of hydrogen-bond donors (Lipinski definition) is 0. The minimum atomic E-state index is 0.467. The second kappa shape index (κ2) is 7.85. The summed E-state index contributed by atoms with van der Waals surface area (Å²) < 4.78 is 2.11. The van der Waals surface area contributed by atoms with Gasteiger partial charge in [-0.05, 0) is 55.5 Å². The summed E-state index contributed by atoms with van der Waals surface area (Å²) >= 11 is 6.79. The maximum absolute atomic E-state index is 10.4. The van der Waals surface area contributed by atoms with Crippen LogP contribution in [0.1, 0.15) is 16.2 Å². The molecule has 3 nitrogen and oxygen atoms in total. The largest absolute Gasteiger partial charge is 0.296 e. The molecule has 0 unspecified atom stereocenters. The van der Waals surface area contributed by atoms with Crippen LogP contribution in [0.3, 0.4) is 0 Å². The normalized spacial score (nSPS) is 10.4. The lowest BCUT2D eigenvalue weighted by molar-refractivity contribution is 0.111. The van der Waals surface area contributed by atoms with E-state index in [0.717, 1.165) is 37.3 Å². The Morgan fingerprint density at radius 2 is 1.32 bits per heavy atom. The first-order valence-corrected chi connectivity index (χ1v) is 9.18. The molecule has 0 saturated carbocycles. The smallest absolute Gasteiger partial charge is 0.168 e. The van der Waals surface area contributed by atoms with Crippen molar-refractivity contribution in [1.82, 2.24) is 9.97 Å². The van der Waals surface area contributed by atoms with Crippen molar-refractivity contribution in [2.24, 2.45) is 0 Å². The zero-order valence-corrected chi connectivity index (χ0v) is 16.6. The van der Waals surface area contributed by atoms with Crippen LogP contribution >= 0.6 is 31.9 Å². The number of nitrogens with zero attached hydrogens (tertiary/aromatic N) is 2. The summed E-state index contributed by atoms with van der Waals surface area (Å²) in [6.07, 6.45) is 0.751. The number of fused-ring (bicyclic) bond motifs is 2. The van der Waals surface area contributed by atoms with Crippen molar-refractivity contribution >= 4 is 60.0 Å². The second-order valence-corrected chi connectivity index (χ2v) is 7.31. The standard InChI is InChI=1S/C10H6BrNO.C10H8BrN/c11-8-2-4-10-7(5-8)1-3-9(6-13)12-10;1-7-2-3-8-6-9(11)4-5-10(8)12-7/h1-6H;2-6H,1H3. The van der Waals surface area contributed by atoms with Crippen molar-refractivity contribution in [2.45, 2.75) is 6.92 Å². The quantitative estimate of drug-likeness (QED) is 0.323. The highest BCUT2D eigenvalue weighted by Gasteiger charge is 1.97. The molecule has 124 valence electrons. The number of carbonyl (C=O) groups excluding carboxylic acids is 1. The van der Waals surface area contributed by atoms with Crippen LogP contribution in [0.15, 0.2) is 69.6 Å². The molecule has 5 heteroatoms. The summed E-state index contributed by atoms with van der Waals surface area (Å²) in [6.45, 7) is 2.00. The maximum Gasteiger partial charge on any atom is 0.168 e. The summed E-state index contributed by atoms with van der Waals surface area (Å²) in [5.74, 6) is 0. The monoisotopic (exact) mass is 456 g/mol. The van der Waals surface area contributed by atoms with Gasteiger partial charge in [0.25, 0.3) is 0 Å². The average molecular weight is 458 g/mol. The van der Waals surface area contributed by atoms with Gasteiger partial charge in [0, 0.05) is 25.4 Å². The van der Waals surface area contributed by atoms with Crippen molar-refractivity contribution in [3.05, 3.63) is 81.0 Å². The fourth-order valence-electron chi connectivity index (χ4n) is 2.38. The molecule has 0 atom stereocenters. The average Bonchev–Trinajstić information content (AvgIpc) is 2.62. The fraction of sp³-hybridized carbons (Fsp3) is 0.0500. The van der Waals surface area contributed by atoms with E-state index in [1.807, 2.05) is 49.4 Å². The van der Waals surface area contributed by atoms with Gasteiger partial charge in [-0.1, -0.05) is 44.0 Å². The Morgan fingerprint density at radius 3 is 1.92 bits per heavy atom. The molecular formula is C20H14Br2N2O. The van der Waals surface area contributed by atoms with E-state index >= 15 is 0 Å². The first-order chi connectivity index (χ1) is 12.0. The van der Waals surface area contributed by atoms with E-state index in [9.17, 15) is 4.79 Å². The minimum absolute atomic E-state index is 0.467. The number of hydrogen-bond acceptors (Lipinski definition) is 3. The van der Waals surface area contributed by atoms with Crippen LogP contribution in [0, 0.1) is 6.92 Å². The van der Waals surface area contributed by atoms with Gasteiger partial charge in [0.15, 0.2) is 6.29 Å². The van der Waals surface area contributed by atoms with Crippen LogP contribution in [0.25, 0.3) is 21.8 Å². The molecular weight excluding hydrogens is 444 g/mol. The topological polar surface area (TPSA) is 42.9 Å². The number of aryl methyl sites for hydroxylation is 1. The summed E-state index contributed by atoms with van der Waals surface area (Å²) in [6, 6.07) is 19.6. The van der Waals surface area contributed by atoms with Gasteiger partial charge in [0.1, 0.15) is 5.69 Å². The van der Waals surface area contributed by atoms with Crippen LogP contribution in [0.4, 0.5) is 0 Å². The first kappa shape index (κ1) is 17.7. The van der Waals surface area contributed by atoms with Gasteiger partial charge in [-0.2, -0.15) is 0 Å². The number of aldehydes is 1. The van der Waals surface area contributed by atoms with Crippen LogP contribution in [-0.2, 0) is 0 Å². The highest BCUT2D eigenvalue weighted by Crippen LogP contribution is 2.19. The van der Waals surface area contributed by atoms with Gasteiger partial charge in [-0.3, -0.25) is 9.78 Å². The number of pyridine rings is 2. The lowest BCUT2D eigenvalue weighted by atomic mass is 10.2. The Hall–Kier alpha value is -2.11. The lowest BCUT2D eigenvalue weighted by Gasteiger charge is -1.98. The van der Waals surface area contributed by atoms with Gasteiger partial charge < -0.3 is 0 Å². The third kappa shape index (κ3) is 4.50. The molecule has 0 aliphatic heterocycles. The minimum Gasteiger partial charge on any atom is -0.296 e. The van der Waals surface area contributed by atoms with Crippen molar-refractivity contribution in [1.29, 1.82) is 0 Å². The summed E-state index contributed by atoms with van der Waals surface area (Å²) in [4.78, 5) is 19.0. The van der Waals surface area contributed by atoms with Crippen molar-refractivity contribution in [2.75, 3.05) is 0 Å². The van der Waals surface area contributed by atoms with Crippen molar-refractivity contribution in [3.8, 4) is 0 Å². The molecule has 4 rings (SSSR count). The van der Waals surface area contributed by atoms with Gasteiger partial charge in [-0.25, -0.2) is 4.98 Å². The Balaban J connectivity index is 0.000000146. The van der Waals surface area contributed by atoms with E-state index in [1.54, 1.807) is 6.07 Å². The molecule has 0 bridgehead atoms. The molecule has 0 amide bonds. The molecule has 0 spiro atoms. The maximum atomic E-state index is 10.4. The molecule has 0 aliphatic carbocycles. The molecule has 0 N–H and O–H groups in total. The third-order valence-electron chi connectivity index (χ3n) is 3.58. The predicted molar refractivity (Wildman–Crippen MR) is 109 cm³/mol. The summed E-state index contributed by atoms with van der Waals surface area (Å²) in [5.41, 5.74) is 3.42. The molecule has 4 aromatic rings. The Morgan fingerprint density at radius 1 is 0.760 bits per heavy atom. The van der Waals surface area contributed by atoms with Crippen LogP contribution < -0.4 is 0 Å². The van der Waals surface area contributed by atoms with Crippen LogP contribution in [0.2, 0.25) is 0 Å². The van der Waals surface area contributed by atoms with Gasteiger partial charge in [0.05, 0.1) is 11.0 Å². The van der Waals surface area contributed by atoms with E-state index in [1.165, 1.54) is 5.39 Å². The molecule has 25 heavy (non-hydrogen) atoms.